The van der Waals surface area contributed by atoms with Crippen molar-refractivity contribution >= 4 is 43.7 Å². The third-order valence-corrected chi connectivity index (χ3v) is 11.5. The third kappa shape index (κ3) is 6.02. The molecule has 0 fully saturated rings. The standard InChI is InChI=1S/C55H34N6O/c1-5-17-36(18-6-1)45-34-46(57-52(56-45)38-19-7-2-8-20-38)37-31-29-35(30-32-37)43-33-44-41-25-14-16-28-48(41)62-51(44)49-42-26-13-15-27-47(42)61(50(43)49)55-59-53(39-21-9-3-10-22-39)58-54(60-55)40-23-11-4-12-24-40/h1-34H. The largest absolute Gasteiger partial charge is 0.455 e. The first-order valence-electron chi connectivity index (χ1n) is 20.6. The van der Waals surface area contributed by atoms with Gasteiger partial charge in [-0.3, -0.25) is 4.57 Å². The van der Waals surface area contributed by atoms with Crippen LogP contribution in [0, 0.1) is 0 Å². The van der Waals surface area contributed by atoms with Crippen LogP contribution in [0.1, 0.15) is 0 Å². The summed E-state index contributed by atoms with van der Waals surface area (Å²) in [7, 11) is 0. The molecule has 0 aliphatic rings. The van der Waals surface area contributed by atoms with Crippen molar-refractivity contribution in [2.45, 2.75) is 0 Å². The highest BCUT2D eigenvalue weighted by atomic mass is 16.3. The van der Waals surface area contributed by atoms with Crippen molar-refractivity contribution in [3.05, 3.63) is 206 Å². The predicted octanol–water partition coefficient (Wildman–Crippen LogP) is 13.7. The maximum Gasteiger partial charge on any atom is 0.238 e. The minimum atomic E-state index is 0.514. The fourth-order valence-electron chi connectivity index (χ4n) is 8.55. The first-order valence-corrected chi connectivity index (χ1v) is 20.6. The Morgan fingerprint density at radius 2 is 0.823 bits per heavy atom. The molecule has 0 atom stereocenters. The number of furan rings is 1. The minimum absolute atomic E-state index is 0.514. The number of hydrogen-bond acceptors (Lipinski definition) is 6. The Kier molecular flexibility index (Phi) is 8.35. The van der Waals surface area contributed by atoms with E-state index in [9.17, 15) is 0 Å². The fourth-order valence-corrected chi connectivity index (χ4v) is 8.55. The lowest BCUT2D eigenvalue weighted by atomic mass is 9.97. The summed E-state index contributed by atoms with van der Waals surface area (Å²) < 4.78 is 8.98. The van der Waals surface area contributed by atoms with Gasteiger partial charge < -0.3 is 4.42 Å². The smallest absolute Gasteiger partial charge is 0.238 e. The van der Waals surface area contributed by atoms with Gasteiger partial charge in [-0.05, 0) is 29.8 Å². The molecule has 0 saturated heterocycles. The molecule has 8 aromatic carbocycles. The number of fused-ring (bicyclic) bond motifs is 7. The van der Waals surface area contributed by atoms with Crippen LogP contribution in [0.2, 0.25) is 0 Å². The van der Waals surface area contributed by atoms with Crippen LogP contribution in [-0.4, -0.2) is 29.5 Å². The van der Waals surface area contributed by atoms with E-state index in [0.29, 0.717) is 23.4 Å². The number of hydrogen-bond donors (Lipinski definition) is 0. The zero-order chi connectivity index (χ0) is 41.0. The molecule has 0 amide bonds. The molecule has 62 heavy (non-hydrogen) atoms. The molecule has 7 heteroatoms. The summed E-state index contributed by atoms with van der Waals surface area (Å²) in [5, 5.41) is 4.12. The van der Waals surface area contributed by atoms with Gasteiger partial charge in [0.2, 0.25) is 5.95 Å². The second-order valence-electron chi connectivity index (χ2n) is 15.3. The second-order valence-corrected chi connectivity index (χ2v) is 15.3. The van der Waals surface area contributed by atoms with Crippen molar-refractivity contribution in [2.24, 2.45) is 0 Å². The normalized spacial score (nSPS) is 11.5. The van der Waals surface area contributed by atoms with Gasteiger partial charge in [0.05, 0.1) is 27.8 Å². The molecule has 0 bridgehead atoms. The van der Waals surface area contributed by atoms with Crippen molar-refractivity contribution in [1.82, 2.24) is 29.5 Å². The average molecular weight is 795 g/mol. The molecule has 0 spiro atoms. The minimum Gasteiger partial charge on any atom is -0.455 e. The van der Waals surface area contributed by atoms with E-state index in [4.69, 9.17) is 29.3 Å². The highest BCUT2D eigenvalue weighted by molar-refractivity contribution is 6.27. The number of rotatable bonds is 7. The lowest BCUT2D eigenvalue weighted by Crippen LogP contribution is -2.07. The highest BCUT2D eigenvalue weighted by Crippen LogP contribution is 2.45. The summed E-state index contributed by atoms with van der Waals surface area (Å²) >= 11 is 0. The SMILES string of the molecule is c1ccc(-c2cc(-c3ccc(-c4cc5c6ccccc6oc5c5c6ccccc6n(-c6nc(-c7ccccc7)nc(-c7ccccc7)n6)c45)cc3)nc(-c3ccccc3)n2)cc1. The van der Waals surface area contributed by atoms with Gasteiger partial charge in [-0.1, -0.05) is 182 Å². The van der Waals surface area contributed by atoms with Crippen LogP contribution in [0.25, 0.3) is 117 Å². The molecule has 12 aromatic rings. The monoisotopic (exact) mass is 794 g/mol. The van der Waals surface area contributed by atoms with Gasteiger partial charge in [-0.2, -0.15) is 9.97 Å². The number of nitrogens with zero attached hydrogens (tertiary/aromatic N) is 6. The Morgan fingerprint density at radius 1 is 0.355 bits per heavy atom. The maximum absolute atomic E-state index is 6.79. The molecule has 7 nitrogen and oxygen atoms in total. The van der Waals surface area contributed by atoms with Crippen molar-refractivity contribution in [3.8, 4) is 73.8 Å². The lowest BCUT2D eigenvalue weighted by Gasteiger charge is -2.14. The summed E-state index contributed by atoms with van der Waals surface area (Å²) in [4.78, 5) is 25.7. The number of benzene rings is 8. The van der Waals surface area contributed by atoms with Crippen LogP contribution < -0.4 is 0 Å². The molecule has 0 saturated carbocycles. The van der Waals surface area contributed by atoms with Crippen LogP contribution in [0.3, 0.4) is 0 Å². The summed E-state index contributed by atoms with van der Waals surface area (Å²) in [6, 6.07) is 70.3. The van der Waals surface area contributed by atoms with E-state index < -0.39 is 0 Å². The zero-order valence-electron chi connectivity index (χ0n) is 33.2. The van der Waals surface area contributed by atoms with Gasteiger partial charge in [0.1, 0.15) is 11.2 Å². The van der Waals surface area contributed by atoms with Crippen LogP contribution >= 0.6 is 0 Å². The van der Waals surface area contributed by atoms with Crippen LogP contribution in [0.5, 0.6) is 0 Å². The van der Waals surface area contributed by atoms with E-state index in [0.717, 1.165) is 94.1 Å². The maximum atomic E-state index is 6.79. The van der Waals surface area contributed by atoms with E-state index in [2.05, 4.69) is 102 Å². The van der Waals surface area contributed by atoms with Gasteiger partial charge in [-0.15, -0.1) is 0 Å². The summed E-state index contributed by atoms with van der Waals surface area (Å²) in [5.74, 6) is 2.37. The van der Waals surface area contributed by atoms with Gasteiger partial charge in [0, 0.05) is 49.5 Å². The Bertz CT molecular complexity index is 3490. The van der Waals surface area contributed by atoms with E-state index in [1.165, 1.54) is 0 Å². The Morgan fingerprint density at radius 3 is 1.42 bits per heavy atom. The van der Waals surface area contributed by atoms with Crippen LogP contribution in [0.15, 0.2) is 211 Å². The molecule has 12 rings (SSSR count). The van der Waals surface area contributed by atoms with Gasteiger partial charge in [0.15, 0.2) is 17.5 Å². The van der Waals surface area contributed by atoms with E-state index in [1.807, 2.05) is 109 Å². The molecule has 0 unspecified atom stereocenters. The zero-order valence-corrected chi connectivity index (χ0v) is 33.2. The predicted molar refractivity (Wildman–Crippen MR) is 250 cm³/mol. The van der Waals surface area contributed by atoms with Crippen molar-refractivity contribution in [3.63, 3.8) is 0 Å². The third-order valence-electron chi connectivity index (χ3n) is 11.5. The quantitative estimate of drug-likeness (QED) is 0.160. The lowest BCUT2D eigenvalue weighted by molar-refractivity contribution is 0.673. The first-order chi connectivity index (χ1) is 30.7. The van der Waals surface area contributed by atoms with Crippen LogP contribution in [-0.2, 0) is 0 Å². The van der Waals surface area contributed by atoms with Crippen molar-refractivity contribution in [2.75, 3.05) is 0 Å². The molecule has 0 radical (unpaired) electrons. The molecule has 290 valence electrons. The van der Waals surface area contributed by atoms with Gasteiger partial charge in [0.25, 0.3) is 0 Å². The first kappa shape index (κ1) is 35.4. The summed E-state index contributed by atoms with van der Waals surface area (Å²) in [5.41, 5.74) is 12.1. The Balaban J connectivity index is 1.12. The van der Waals surface area contributed by atoms with E-state index >= 15 is 0 Å². The molecule has 0 N–H and O–H groups in total. The number of aromatic nitrogens is 6. The van der Waals surface area contributed by atoms with Gasteiger partial charge >= 0.3 is 0 Å². The molecular weight excluding hydrogens is 761 g/mol. The fraction of sp³-hybridized carbons (Fsp3) is 0. The molecular formula is C55H34N6O. The summed E-state index contributed by atoms with van der Waals surface area (Å²) in [6.07, 6.45) is 0. The Hall–Kier alpha value is -8.55. The van der Waals surface area contributed by atoms with Crippen LogP contribution in [0.4, 0.5) is 0 Å². The number of para-hydroxylation sites is 2. The van der Waals surface area contributed by atoms with E-state index in [-0.39, 0.29) is 0 Å². The molecule has 0 aliphatic heterocycles. The molecule has 4 aromatic heterocycles. The molecule has 0 aliphatic carbocycles. The van der Waals surface area contributed by atoms with Gasteiger partial charge in [-0.25, -0.2) is 15.0 Å². The van der Waals surface area contributed by atoms with E-state index in [1.54, 1.807) is 0 Å². The second kappa shape index (κ2) is 14.6. The Labute approximate surface area is 356 Å². The average Bonchev–Trinajstić information content (AvgIpc) is 3.91. The highest BCUT2D eigenvalue weighted by Gasteiger charge is 2.25. The van der Waals surface area contributed by atoms with Crippen molar-refractivity contribution in [1.29, 1.82) is 0 Å². The summed E-state index contributed by atoms with van der Waals surface area (Å²) in [6.45, 7) is 0. The topological polar surface area (TPSA) is 82.5 Å². The van der Waals surface area contributed by atoms with Crippen molar-refractivity contribution < 1.29 is 4.42 Å². The molecule has 4 heterocycles.